The summed E-state index contributed by atoms with van der Waals surface area (Å²) in [4.78, 5) is 41.3. The highest BCUT2D eigenvalue weighted by Crippen LogP contribution is 2.24. The normalized spacial score (nSPS) is 13.2. The highest BCUT2D eigenvalue weighted by molar-refractivity contribution is 6.21. The first kappa shape index (κ1) is 13.9. The second kappa shape index (κ2) is 5.20. The summed E-state index contributed by atoms with van der Waals surface area (Å²) in [5, 5.41) is 3.97. The van der Waals surface area contributed by atoms with Gasteiger partial charge in [-0.1, -0.05) is 22.4 Å². The largest absolute Gasteiger partial charge is 0.461 e. The minimum atomic E-state index is -0.994. The summed E-state index contributed by atoms with van der Waals surface area (Å²) < 4.78 is 10.1. The Labute approximate surface area is 134 Å². The van der Waals surface area contributed by atoms with Gasteiger partial charge in [-0.25, -0.2) is 4.79 Å². The standard InChI is InChI=1S/C16H8N2O6/c19-14-9-4-1-2-5-10(9)15(20)18(14)24-16(21)11-8-13(23-17-11)12-6-3-7-22-12/h1-8H. The molecule has 3 aromatic rings. The fourth-order valence-corrected chi connectivity index (χ4v) is 2.29. The maximum absolute atomic E-state index is 12.1. The molecule has 1 aromatic carbocycles. The van der Waals surface area contributed by atoms with E-state index in [4.69, 9.17) is 13.8 Å². The summed E-state index contributed by atoms with van der Waals surface area (Å²) in [5.41, 5.74) is 0.149. The Morgan fingerprint density at radius 2 is 1.71 bits per heavy atom. The molecule has 0 saturated heterocycles. The Balaban J connectivity index is 1.55. The molecule has 3 heterocycles. The van der Waals surface area contributed by atoms with Gasteiger partial charge in [-0.2, -0.15) is 0 Å². The number of aromatic nitrogens is 1. The molecule has 8 nitrogen and oxygen atoms in total. The lowest BCUT2D eigenvalue weighted by Crippen LogP contribution is -2.32. The number of amides is 2. The van der Waals surface area contributed by atoms with Gasteiger partial charge in [0.1, 0.15) is 0 Å². The van der Waals surface area contributed by atoms with Crippen LogP contribution in [-0.4, -0.2) is 28.0 Å². The second-order valence-electron chi connectivity index (χ2n) is 4.88. The van der Waals surface area contributed by atoms with Crippen molar-refractivity contribution in [2.45, 2.75) is 0 Å². The Morgan fingerprint density at radius 1 is 1.00 bits per heavy atom. The zero-order valence-corrected chi connectivity index (χ0v) is 12.0. The average Bonchev–Trinajstić information content (AvgIpc) is 3.32. The van der Waals surface area contributed by atoms with Crippen LogP contribution in [0.2, 0.25) is 0 Å². The Bertz CT molecular complexity index is 922. The lowest BCUT2D eigenvalue weighted by atomic mass is 10.1. The lowest BCUT2D eigenvalue weighted by Gasteiger charge is -2.10. The van der Waals surface area contributed by atoms with Crippen molar-refractivity contribution in [3.05, 3.63) is 65.5 Å². The first-order chi connectivity index (χ1) is 11.6. The predicted molar refractivity (Wildman–Crippen MR) is 76.6 cm³/mol. The summed E-state index contributed by atoms with van der Waals surface area (Å²) in [7, 11) is 0. The number of fused-ring (bicyclic) bond motifs is 1. The Hall–Kier alpha value is -3.68. The number of rotatable bonds is 3. The molecule has 0 bridgehead atoms. The second-order valence-corrected chi connectivity index (χ2v) is 4.88. The van der Waals surface area contributed by atoms with Crippen molar-refractivity contribution >= 4 is 17.8 Å². The topological polar surface area (TPSA) is 103 Å². The first-order valence-corrected chi connectivity index (χ1v) is 6.86. The van der Waals surface area contributed by atoms with Crippen LogP contribution < -0.4 is 0 Å². The van der Waals surface area contributed by atoms with E-state index in [2.05, 4.69) is 5.16 Å². The summed E-state index contributed by atoms with van der Waals surface area (Å²) in [5.74, 6) is -1.82. The SMILES string of the molecule is O=C(ON1C(=O)c2ccccc2C1=O)c1cc(-c2ccco2)on1. The van der Waals surface area contributed by atoms with Crippen LogP contribution in [0.3, 0.4) is 0 Å². The number of imide groups is 1. The maximum atomic E-state index is 12.1. The molecule has 8 heteroatoms. The molecule has 0 spiro atoms. The molecule has 2 aromatic heterocycles. The lowest BCUT2D eigenvalue weighted by molar-refractivity contribution is -0.0590. The van der Waals surface area contributed by atoms with Gasteiger partial charge in [0.05, 0.1) is 17.4 Å². The molecule has 0 unspecified atom stereocenters. The van der Waals surface area contributed by atoms with Crippen molar-refractivity contribution in [3.8, 4) is 11.5 Å². The van der Waals surface area contributed by atoms with E-state index in [1.165, 1.54) is 24.5 Å². The van der Waals surface area contributed by atoms with Gasteiger partial charge in [0.2, 0.25) is 5.76 Å². The van der Waals surface area contributed by atoms with E-state index in [-0.39, 0.29) is 22.6 Å². The van der Waals surface area contributed by atoms with Gasteiger partial charge in [-0.05, 0) is 24.3 Å². The van der Waals surface area contributed by atoms with Gasteiger partial charge >= 0.3 is 5.97 Å². The number of furan rings is 1. The van der Waals surface area contributed by atoms with Crippen molar-refractivity contribution in [2.75, 3.05) is 0 Å². The third-order valence-electron chi connectivity index (χ3n) is 3.41. The highest BCUT2D eigenvalue weighted by Gasteiger charge is 2.39. The van der Waals surface area contributed by atoms with Gasteiger partial charge in [0.25, 0.3) is 11.8 Å². The molecular weight excluding hydrogens is 316 g/mol. The van der Waals surface area contributed by atoms with Crippen LogP contribution >= 0.6 is 0 Å². The van der Waals surface area contributed by atoms with Crippen molar-refractivity contribution in [3.63, 3.8) is 0 Å². The van der Waals surface area contributed by atoms with Crippen LogP contribution in [0, 0.1) is 0 Å². The van der Waals surface area contributed by atoms with Crippen molar-refractivity contribution < 1.29 is 28.2 Å². The van der Waals surface area contributed by atoms with Gasteiger partial charge in [0, 0.05) is 6.07 Å². The minimum absolute atomic E-state index is 0.173. The quantitative estimate of drug-likeness (QED) is 0.681. The highest BCUT2D eigenvalue weighted by atomic mass is 16.7. The maximum Gasteiger partial charge on any atom is 0.385 e. The van der Waals surface area contributed by atoms with Crippen LogP contribution in [0.4, 0.5) is 0 Å². The van der Waals surface area contributed by atoms with E-state index in [1.807, 2.05) is 0 Å². The van der Waals surface area contributed by atoms with Crippen LogP contribution in [0.5, 0.6) is 0 Å². The van der Waals surface area contributed by atoms with Crippen molar-refractivity contribution in [2.24, 2.45) is 0 Å². The van der Waals surface area contributed by atoms with E-state index >= 15 is 0 Å². The third kappa shape index (κ3) is 2.09. The molecule has 118 valence electrons. The number of hydrogen-bond acceptors (Lipinski definition) is 7. The van der Waals surface area contributed by atoms with Crippen molar-refractivity contribution in [1.82, 2.24) is 10.2 Å². The fourth-order valence-electron chi connectivity index (χ4n) is 2.29. The molecule has 0 radical (unpaired) electrons. The van der Waals surface area contributed by atoms with E-state index in [0.717, 1.165) is 0 Å². The monoisotopic (exact) mass is 324 g/mol. The average molecular weight is 324 g/mol. The van der Waals surface area contributed by atoms with Crippen LogP contribution in [0.1, 0.15) is 31.2 Å². The zero-order valence-electron chi connectivity index (χ0n) is 12.0. The molecule has 24 heavy (non-hydrogen) atoms. The number of nitrogens with zero attached hydrogens (tertiary/aromatic N) is 2. The molecular formula is C16H8N2O6. The summed E-state index contributed by atoms with van der Waals surface area (Å²) in [6.07, 6.45) is 1.44. The number of hydroxylamine groups is 2. The zero-order chi connectivity index (χ0) is 16.7. The summed E-state index contributed by atoms with van der Waals surface area (Å²) in [6.45, 7) is 0. The first-order valence-electron chi connectivity index (χ1n) is 6.86. The molecule has 4 rings (SSSR count). The predicted octanol–water partition coefficient (Wildman–Crippen LogP) is 2.30. The van der Waals surface area contributed by atoms with E-state index in [9.17, 15) is 14.4 Å². The molecule has 0 N–H and O–H groups in total. The van der Waals surface area contributed by atoms with Gasteiger partial charge in [-0.15, -0.1) is 0 Å². The van der Waals surface area contributed by atoms with Crippen LogP contribution in [0.15, 0.2) is 57.7 Å². The third-order valence-corrected chi connectivity index (χ3v) is 3.41. The van der Waals surface area contributed by atoms with Crippen LogP contribution in [0.25, 0.3) is 11.5 Å². The molecule has 1 aliphatic rings. The van der Waals surface area contributed by atoms with E-state index in [0.29, 0.717) is 10.8 Å². The van der Waals surface area contributed by atoms with E-state index in [1.54, 1.807) is 24.3 Å². The molecule has 0 aliphatic carbocycles. The summed E-state index contributed by atoms with van der Waals surface area (Å²) in [6, 6.07) is 10.8. The number of carbonyl (C=O) groups excluding carboxylic acids is 3. The molecule has 0 atom stereocenters. The number of hydrogen-bond donors (Lipinski definition) is 0. The molecule has 0 saturated carbocycles. The molecule has 1 aliphatic heterocycles. The smallest absolute Gasteiger partial charge is 0.385 e. The van der Waals surface area contributed by atoms with Crippen molar-refractivity contribution in [1.29, 1.82) is 0 Å². The van der Waals surface area contributed by atoms with Gasteiger partial charge in [-0.3, -0.25) is 9.59 Å². The van der Waals surface area contributed by atoms with Gasteiger partial charge < -0.3 is 13.8 Å². The Kier molecular flexibility index (Phi) is 3.02. The molecule has 2 amide bonds. The number of carbonyl (C=O) groups is 3. The minimum Gasteiger partial charge on any atom is -0.461 e. The van der Waals surface area contributed by atoms with Gasteiger partial charge in [0.15, 0.2) is 11.5 Å². The fraction of sp³-hybridized carbons (Fsp3) is 0. The summed E-state index contributed by atoms with van der Waals surface area (Å²) >= 11 is 0. The van der Waals surface area contributed by atoms with E-state index < -0.39 is 17.8 Å². The Morgan fingerprint density at radius 3 is 2.33 bits per heavy atom. The van der Waals surface area contributed by atoms with Crippen LogP contribution in [-0.2, 0) is 4.84 Å². The molecule has 0 fully saturated rings. The number of benzene rings is 1.